The first-order valence-electron chi connectivity index (χ1n) is 3.24. The van der Waals surface area contributed by atoms with E-state index >= 15 is 0 Å². The van der Waals surface area contributed by atoms with Crippen LogP contribution in [0.1, 0.15) is 12.7 Å². The van der Waals surface area contributed by atoms with Crippen LogP contribution in [0.4, 0.5) is 0 Å². The third-order valence-corrected chi connectivity index (χ3v) is 2.47. The highest BCUT2D eigenvalue weighted by Gasteiger charge is 2.03. The molecule has 0 aliphatic heterocycles. The average Bonchev–Trinajstić information content (AvgIpc) is 2.45. The number of H-pyrrole nitrogens is 1. The summed E-state index contributed by atoms with van der Waals surface area (Å²) in [5.41, 5.74) is 0. The summed E-state index contributed by atoms with van der Waals surface area (Å²) in [6, 6.07) is 0. The topological polar surface area (TPSA) is 46.0 Å². The first-order chi connectivity index (χ1) is 5.31. The number of nitrogens with zero attached hydrogens (tertiary/aromatic N) is 3. The van der Waals surface area contributed by atoms with Gasteiger partial charge in [-0.15, -0.1) is 10.2 Å². The number of fused-ring (bicyclic) bond motifs is 1. The highest BCUT2D eigenvalue weighted by atomic mass is 32.1. The Hall–Kier alpha value is -0.750. The second kappa shape index (κ2) is 2.38. The number of hydrogen-bond acceptors (Lipinski definition) is 4. The lowest BCUT2D eigenvalue weighted by atomic mass is 10.5. The number of aryl methyl sites for hydroxylation is 1. The number of aromatic amines is 1. The fraction of sp³-hybridized carbons (Fsp3) is 0.400. The van der Waals surface area contributed by atoms with Crippen molar-refractivity contribution < 1.29 is 0 Å². The molecule has 2 aromatic heterocycles. The highest BCUT2D eigenvalue weighted by Crippen LogP contribution is 2.09. The molecule has 0 aromatic carbocycles. The van der Waals surface area contributed by atoms with Crippen molar-refractivity contribution >= 4 is 28.5 Å². The van der Waals surface area contributed by atoms with E-state index in [4.69, 9.17) is 12.2 Å². The van der Waals surface area contributed by atoms with Crippen molar-refractivity contribution in [3.05, 3.63) is 9.78 Å². The molecule has 11 heavy (non-hydrogen) atoms. The van der Waals surface area contributed by atoms with Gasteiger partial charge in [0, 0.05) is 6.42 Å². The van der Waals surface area contributed by atoms with E-state index in [0.29, 0.717) is 0 Å². The molecule has 58 valence electrons. The van der Waals surface area contributed by atoms with Gasteiger partial charge in [0.25, 0.3) is 0 Å². The van der Waals surface area contributed by atoms with Crippen LogP contribution in [0.3, 0.4) is 0 Å². The third-order valence-electron chi connectivity index (χ3n) is 1.40. The molecule has 4 nitrogen and oxygen atoms in total. The molecule has 0 saturated carbocycles. The van der Waals surface area contributed by atoms with Gasteiger partial charge < -0.3 is 0 Å². The predicted octanol–water partition coefficient (Wildman–Crippen LogP) is 1.41. The fourth-order valence-corrected chi connectivity index (χ4v) is 1.85. The summed E-state index contributed by atoms with van der Waals surface area (Å²) in [6.07, 6.45) is 0.864. The van der Waals surface area contributed by atoms with Crippen LogP contribution in [0.15, 0.2) is 0 Å². The molecule has 0 unspecified atom stereocenters. The van der Waals surface area contributed by atoms with E-state index in [1.165, 1.54) is 11.3 Å². The molecule has 0 aliphatic rings. The summed E-state index contributed by atoms with van der Waals surface area (Å²) in [6.45, 7) is 2.03. The van der Waals surface area contributed by atoms with Crippen LogP contribution in [0.5, 0.6) is 0 Å². The van der Waals surface area contributed by atoms with Gasteiger partial charge in [-0.3, -0.25) is 5.10 Å². The summed E-state index contributed by atoms with van der Waals surface area (Å²) in [4.78, 5) is 0.840. The molecule has 2 rings (SSSR count). The van der Waals surface area contributed by atoms with Crippen molar-refractivity contribution in [3.8, 4) is 0 Å². The Morgan fingerprint density at radius 3 is 3.18 bits per heavy atom. The van der Waals surface area contributed by atoms with E-state index in [9.17, 15) is 0 Å². The first-order valence-corrected chi connectivity index (χ1v) is 4.47. The van der Waals surface area contributed by atoms with Gasteiger partial charge in [-0.05, 0) is 12.2 Å². The Labute approximate surface area is 71.9 Å². The van der Waals surface area contributed by atoms with E-state index < -0.39 is 0 Å². The molecule has 6 heteroatoms. The average molecular weight is 186 g/mol. The molecule has 1 N–H and O–H groups in total. The summed E-state index contributed by atoms with van der Waals surface area (Å²) in [5, 5.41) is 10.9. The smallest absolute Gasteiger partial charge is 0.233 e. The lowest BCUT2D eigenvalue weighted by Crippen LogP contribution is -1.91. The molecule has 0 amide bonds. The Balaban J connectivity index is 2.83. The van der Waals surface area contributed by atoms with E-state index in [-0.39, 0.29) is 0 Å². The van der Waals surface area contributed by atoms with Crippen LogP contribution in [0.2, 0.25) is 0 Å². The van der Waals surface area contributed by atoms with Crippen LogP contribution in [-0.4, -0.2) is 19.8 Å². The summed E-state index contributed by atoms with van der Waals surface area (Å²) in [5.74, 6) is 0.923. The minimum absolute atomic E-state index is 0.740. The third kappa shape index (κ3) is 0.982. The minimum atomic E-state index is 0.740. The van der Waals surface area contributed by atoms with Gasteiger partial charge >= 0.3 is 0 Å². The van der Waals surface area contributed by atoms with Gasteiger partial charge in [-0.1, -0.05) is 18.3 Å². The van der Waals surface area contributed by atoms with Crippen molar-refractivity contribution in [1.82, 2.24) is 19.8 Å². The predicted molar refractivity (Wildman–Crippen MR) is 45.4 cm³/mol. The Morgan fingerprint density at radius 2 is 2.45 bits per heavy atom. The van der Waals surface area contributed by atoms with E-state index in [2.05, 4.69) is 15.3 Å². The molecule has 2 aromatic rings. The normalized spacial score (nSPS) is 11.0. The summed E-state index contributed by atoms with van der Waals surface area (Å²) >= 11 is 6.39. The van der Waals surface area contributed by atoms with Crippen LogP contribution in [-0.2, 0) is 6.42 Å². The van der Waals surface area contributed by atoms with Crippen molar-refractivity contribution in [3.63, 3.8) is 0 Å². The van der Waals surface area contributed by atoms with Gasteiger partial charge in [0.1, 0.15) is 0 Å². The number of aromatic nitrogens is 4. The SMILES string of the molecule is CCc1nnc2sc(=S)[nH]n12. The zero-order valence-electron chi connectivity index (χ0n) is 5.87. The number of rotatable bonds is 1. The highest BCUT2D eigenvalue weighted by molar-refractivity contribution is 7.73. The molecular weight excluding hydrogens is 180 g/mol. The molecular formula is C5H6N4S2. The largest absolute Gasteiger partial charge is 0.271 e. The van der Waals surface area contributed by atoms with Gasteiger partial charge in [0.15, 0.2) is 9.78 Å². The lowest BCUT2D eigenvalue weighted by Gasteiger charge is -1.86. The van der Waals surface area contributed by atoms with E-state index in [1.54, 1.807) is 0 Å². The fourth-order valence-electron chi connectivity index (χ4n) is 0.905. The Kier molecular flexibility index (Phi) is 1.50. The lowest BCUT2D eigenvalue weighted by molar-refractivity contribution is 0.832. The Bertz CT molecular complexity index is 423. The Morgan fingerprint density at radius 1 is 1.64 bits per heavy atom. The molecule has 0 saturated heterocycles. The van der Waals surface area contributed by atoms with E-state index in [1.807, 2.05) is 11.4 Å². The van der Waals surface area contributed by atoms with Crippen LogP contribution >= 0.6 is 23.6 Å². The van der Waals surface area contributed by atoms with Crippen LogP contribution < -0.4 is 0 Å². The maximum absolute atomic E-state index is 4.95. The van der Waals surface area contributed by atoms with Gasteiger partial charge in [-0.25, -0.2) is 4.52 Å². The maximum Gasteiger partial charge on any atom is 0.233 e. The van der Waals surface area contributed by atoms with Crippen molar-refractivity contribution in [1.29, 1.82) is 0 Å². The van der Waals surface area contributed by atoms with Gasteiger partial charge in [0.2, 0.25) is 4.96 Å². The number of hydrogen-bond donors (Lipinski definition) is 1. The van der Waals surface area contributed by atoms with Gasteiger partial charge in [-0.2, -0.15) is 0 Å². The van der Waals surface area contributed by atoms with Crippen LogP contribution in [0.25, 0.3) is 4.96 Å². The van der Waals surface area contributed by atoms with Crippen LogP contribution in [0, 0.1) is 3.95 Å². The monoisotopic (exact) mass is 186 g/mol. The second-order valence-corrected chi connectivity index (χ2v) is 3.73. The standard InChI is InChI=1S/C5H6N4S2/c1-2-3-6-7-4-9(3)8-5(10)11-4/h2H2,1H3,(H,8,10). The first kappa shape index (κ1) is 6.93. The second-order valence-electron chi connectivity index (χ2n) is 2.09. The molecule has 0 fully saturated rings. The van der Waals surface area contributed by atoms with Crippen molar-refractivity contribution in [2.45, 2.75) is 13.3 Å². The molecule has 0 atom stereocenters. The van der Waals surface area contributed by atoms with Gasteiger partial charge in [0.05, 0.1) is 0 Å². The number of nitrogens with one attached hydrogen (secondary N) is 1. The molecule has 0 radical (unpaired) electrons. The summed E-state index contributed by atoms with van der Waals surface area (Å²) in [7, 11) is 0. The van der Waals surface area contributed by atoms with Crippen molar-refractivity contribution in [2.24, 2.45) is 0 Å². The molecule has 0 bridgehead atoms. The molecule has 0 spiro atoms. The van der Waals surface area contributed by atoms with Crippen molar-refractivity contribution in [2.75, 3.05) is 0 Å². The minimum Gasteiger partial charge on any atom is -0.271 e. The maximum atomic E-state index is 4.95. The quantitative estimate of drug-likeness (QED) is 0.685. The van der Waals surface area contributed by atoms with E-state index in [0.717, 1.165) is 21.2 Å². The molecule has 2 heterocycles. The summed E-state index contributed by atoms with van der Waals surface area (Å²) < 4.78 is 2.57. The zero-order valence-corrected chi connectivity index (χ0v) is 7.50. The molecule has 0 aliphatic carbocycles. The zero-order chi connectivity index (χ0) is 7.84.